The first kappa shape index (κ1) is 20.5. The number of carbonyl (C=O) groups excluding carboxylic acids is 1. The molecule has 1 fully saturated rings. The first-order valence-electron chi connectivity index (χ1n) is 9.95. The van der Waals surface area contributed by atoms with Gasteiger partial charge in [-0.1, -0.05) is 23.7 Å². The minimum Gasteiger partial charge on any atom is -0.497 e. The highest BCUT2D eigenvalue weighted by Gasteiger charge is 2.37. The lowest BCUT2D eigenvalue weighted by Crippen LogP contribution is -2.31. The minimum absolute atomic E-state index is 0.0186. The van der Waals surface area contributed by atoms with Gasteiger partial charge in [-0.2, -0.15) is 5.10 Å². The van der Waals surface area contributed by atoms with E-state index in [1.165, 1.54) is 0 Å². The second-order valence-electron chi connectivity index (χ2n) is 7.77. The normalized spacial score (nSPS) is 18.6. The number of carbonyl (C=O) groups is 1. The van der Waals surface area contributed by atoms with Crippen LogP contribution >= 0.6 is 11.6 Å². The van der Waals surface area contributed by atoms with Gasteiger partial charge in [0.1, 0.15) is 22.5 Å². The zero-order valence-electron chi connectivity index (χ0n) is 17.5. The van der Waals surface area contributed by atoms with E-state index in [0.29, 0.717) is 24.0 Å². The summed E-state index contributed by atoms with van der Waals surface area (Å²) in [7, 11) is 3.48. The molecule has 0 aliphatic carbocycles. The van der Waals surface area contributed by atoms with Crippen molar-refractivity contribution in [1.29, 1.82) is 0 Å². The fourth-order valence-electron chi connectivity index (χ4n) is 3.95. The van der Waals surface area contributed by atoms with Gasteiger partial charge < -0.3 is 14.4 Å². The van der Waals surface area contributed by atoms with Crippen LogP contribution in [-0.4, -0.2) is 45.3 Å². The van der Waals surface area contributed by atoms with Crippen LogP contribution in [-0.2, 0) is 11.8 Å². The van der Waals surface area contributed by atoms with Crippen LogP contribution in [0.4, 0.5) is 0 Å². The average molecular weight is 429 g/mol. The van der Waals surface area contributed by atoms with Crippen LogP contribution in [0.15, 0.2) is 36.5 Å². The number of likely N-dealkylation sites (tertiary alicyclic amines) is 1. The van der Waals surface area contributed by atoms with Crippen LogP contribution in [0.1, 0.15) is 31.9 Å². The molecule has 1 saturated heterocycles. The Kier molecular flexibility index (Phi) is 5.56. The number of pyridine rings is 1. The minimum atomic E-state index is -0.198. The second kappa shape index (κ2) is 8.14. The van der Waals surface area contributed by atoms with Gasteiger partial charge in [0.2, 0.25) is 11.8 Å². The van der Waals surface area contributed by atoms with Gasteiger partial charge in [-0.15, -0.1) is 0 Å². The summed E-state index contributed by atoms with van der Waals surface area (Å²) in [6.07, 6.45) is 2.10. The summed E-state index contributed by atoms with van der Waals surface area (Å²) in [6, 6.07) is 9.53. The molecule has 1 aromatic carbocycles. The summed E-state index contributed by atoms with van der Waals surface area (Å²) in [6.45, 7) is 4.65. The molecule has 0 spiro atoms. The van der Waals surface area contributed by atoms with E-state index in [4.69, 9.17) is 21.1 Å². The van der Waals surface area contributed by atoms with Crippen molar-refractivity contribution in [3.05, 3.63) is 47.2 Å². The molecule has 0 saturated carbocycles. The molecule has 1 aliphatic rings. The lowest BCUT2D eigenvalue weighted by Gasteiger charge is -2.26. The molecule has 2 aromatic heterocycles. The highest BCUT2D eigenvalue weighted by molar-refractivity contribution is 6.30. The lowest BCUT2D eigenvalue weighted by atomic mass is 10.0. The van der Waals surface area contributed by atoms with Gasteiger partial charge in [0.15, 0.2) is 0 Å². The number of ether oxygens (including phenoxy) is 2. The first-order chi connectivity index (χ1) is 14.4. The Morgan fingerprint density at radius 2 is 1.97 bits per heavy atom. The van der Waals surface area contributed by atoms with E-state index in [2.05, 4.69) is 10.1 Å². The number of hydrogen-bond donors (Lipinski definition) is 0. The predicted octanol–water partition coefficient (Wildman–Crippen LogP) is 4.01. The summed E-state index contributed by atoms with van der Waals surface area (Å²) in [4.78, 5) is 19.0. The highest BCUT2D eigenvalue weighted by atomic mass is 35.5. The molecule has 0 N–H and O–H groups in total. The summed E-state index contributed by atoms with van der Waals surface area (Å²) in [5, 5.41) is 5.51. The Labute approximate surface area is 180 Å². The molecular formula is C22H25ClN4O3. The number of aromatic nitrogens is 3. The number of benzene rings is 1. The monoisotopic (exact) mass is 428 g/mol. The van der Waals surface area contributed by atoms with Crippen LogP contribution < -0.4 is 9.47 Å². The second-order valence-corrected chi connectivity index (χ2v) is 8.16. The SMILES string of the molecule is COc1ccc([C@H](C)N2C[C@H]([C@@H](C)Oc3nc(Cl)cc4nn(C)cc34)CC2=O)cc1. The van der Waals surface area contributed by atoms with Gasteiger partial charge in [-0.3, -0.25) is 9.48 Å². The number of fused-ring (bicyclic) bond motifs is 1. The number of aryl methyl sites for hydroxylation is 1. The Morgan fingerprint density at radius 1 is 1.23 bits per heavy atom. The Balaban J connectivity index is 1.48. The zero-order chi connectivity index (χ0) is 21.4. The molecule has 1 aliphatic heterocycles. The fraction of sp³-hybridized carbons (Fsp3) is 0.409. The standard InChI is InChI=1S/C22H25ClN4O3/c1-13(15-5-7-17(29-4)8-6-15)27-11-16(9-21(27)28)14(2)30-22-18-12-26(3)25-19(18)10-20(23)24-22/h5-8,10,12-14,16H,9,11H2,1-4H3/t13-,14+,16+/m0/s1. The van der Waals surface area contributed by atoms with Gasteiger partial charge in [0, 0.05) is 38.2 Å². The van der Waals surface area contributed by atoms with E-state index >= 15 is 0 Å². The van der Waals surface area contributed by atoms with Gasteiger partial charge in [0.25, 0.3) is 0 Å². The molecular weight excluding hydrogens is 404 g/mol. The predicted molar refractivity (Wildman–Crippen MR) is 115 cm³/mol. The number of amides is 1. The molecule has 8 heteroatoms. The third-order valence-electron chi connectivity index (χ3n) is 5.77. The molecule has 7 nitrogen and oxygen atoms in total. The van der Waals surface area contributed by atoms with Crippen LogP contribution in [0.25, 0.3) is 10.9 Å². The molecule has 3 aromatic rings. The number of hydrogen-bond acceptors (Lipinski definition) is 5. The van der Waals surface area contributed by atoms with Gasteiger partial charge in [-0.25, -0.2) is 4.98 Å². The molecule has 3 heterocycles. The summed E-state index contributed by atoms with van der Waals surface area (Å²) >= 11 is 6.14. The van der Waals surface area contributed by atoms with Crippen molar-refractivity contribution < 1.29 is 14.3 Å². The number of methoxy groups -OCH3 is 1. The van der Waals surface area contributed by atoms with Crippen molar-refractivity contribution >= 4 is 28.4 Å². The molecule has 30 heavy (non-hydrogen) atoms. The van der Waals surface area contributed by atoms with Crippen molar-refractivity contribution in [2.45, 2.75) is 32.4 Å². The quantitative estimate of drug-likeness (QED) is 0.555. The number of halogens is 1. The average Bonchev–Trinajstić information content (AvgIpc) is 3.29. The maximum atomic E-state index is 12.7. The fourth-order valence-corrected chi connectivity index (χ4v) is 4.13. The van der Waals surface area contributed by atoms with E-state index in [-0.39, 0.29) is 24.0 Å². The lowest BCUT2D eigenvalue weighted by molar-refractivity contribution is -0.129. The molecule has 0 unspecified atom stereocenters. The maximum Gasteiger partial charge on any atom is 0.226 e. The number of rotatable bonds is 6. The largest absolute Gasteiger partial charge is 0.497 e. The van der Waals surface area contributed by atoms with Gasteiger partial charge in [0.05, 0.1) is 18.5 Å². The van der Waals surface area contributed by atoms with Crippen molar-refractivity contribution in [3.8, 4) is 11.6 Å². The molecule has 0 bridgehead atoms. The molecule has 0 radical (unpaired) electrons. The van der Waals surface area contributed by atoms with Crippen LogP contribution in [0, 0.1) is 5.92 Å². The van der Waals surface area contributed by atoms with E-state index < -0.39 is 0 Å². The van der Waals surface area contributed by atoms with E-state index in [1.54, 1.807) is 17.9 Å². The van der Waals surface area contributed by atoms with Crippen LogP contribution in [0.3, 0.4) is 0 Å². The molecule has 158 valence electrons. The van der Waals surface area contributed by atoms with E-state index in [1.807, 2.05) is 56.3 Å². The van der Waals surface area contributed by atoms with E-state index in [0.717, 1.165) is 22.2 Å². The summed E-state index contributed by atoms with van der Waals surface area (Å²) in [5.74, 6) is 1.44. The highest BCUT2D eigenvalue weighted by Crippen LogP contribution is 2.33. The van der Waals surface area contributed by atoms with Crippen molar-refractivity contribution in [2.24, 2.45) is 13.0 Å². The molecule has 3 atom stereocenters. The van der Waals surface area contributed by atoms with Gasteiger partial charge in [-0.05, 0) is 31.5 Å². The zero-order valence-corrected chi connectivity index (χ0v) is 18.3. The molecule has 1 amide bonds. The smallest absolute Gasteiger partial charge is 0.226 e. The van der Waals surface area contributed by atoms with Crippen molar-refractivity contribution in [1.82, 2.24) is 19.7 Å². The molecule has 4 rings (SSSR count). The number of nitrogens with zero attached hydrogens (tertiary/aromatic N) is 4. The van der Waals surface area contributed by atoms with Crippen LogP contribution in [0.2, 0.25) is 5.15 Å². The van der Waals surface area contributed by atoms with Crippen molar-refractivity contribution in [2.75, 3.05) is 13.7 Å². The third-order valence-corrected chi connectivity index (χ3v) is 5.96. The Morgan fingerprint density at radius 3 is 2.67 bits per heavy atom. The Hall–Kier alpha value is -2.80. The topological polar surface area (TPSA) is 69.5 Å². The van der Waals surface area contributed by atoms with Crippen molar-refractivity contribution in [3.63, 3.8) is 0 Å². The maximum absolute atomic E-state index is 12.7. The first-order valence-corrected chi connectivity index (χ1v) is 10.3. The van der Waals surface area contributed by atoms with Crippen LogP contribution in [0.5, 0.6) is 11.6 Å². The summed E-state index contributed by atoms with van der Waals surface area (Å²) < 4.78 is 13.1. The third kappa shape index (κ3) is 3.94. The Bertz CT molecular complexity index is 1070. The van der Waals surface area contributed by atoms with E-state index in [9.17, 15) is 4.79 Å². The van der Waals surface area contributed by atoms with Gasteiger partial charge >= 0.3 is 0 Å². The summed E-state index contributed by atoms with van der Waals surface area (Å²) in [5.41, 5.74) is 1.81.